The number of ether oxygens (including phenoxy) is 1. The van der Waals surface area contributed by atoms with Crippen LogP contribution in [0.2, 0.25) is 0 Å². The maximum Gasteiger partial charge on any atom is 0.173 e. The molecule has 0 saturated carbocycles. The molecule has 9 nitrogen and oxygen atoms in total. The molecule has 0 spiro atoms. The van der Waals surface area contributed by atoms with E-state index >= 15 is 0 Å². The highest BCUT2D eigenvalue weighted by Gasteiger charge is 2.32. The lowest BCUT2D eigenvalue weighted by atomic mass is 10.2. The summed E-state index contributed by atoms with van der Waals surface area (Å²) in [5.41, 5.74) is 0. The van der Waals surface area contributed by atoms with Gasteiger partial charge in [-0.2, -0.15) is 5.10 Å². The predicted octanol–water partition coefficient (Wildman–Crippen LogP) is 1.16. The normalized spacial score (nSPS) is 19.7. The van der Waals surface area contributed by atoms with E-state index in [0.29, 0.717) is 18.2 Å². The highest BCUT2D eigenvalue weighted by molar-refractivity contribution is 5.42. The number of hydrogen-bond acceptors (Lipinski definition) is 8. The Hall–Kier alpha value is -3.07. The van der Waals surface area contributed by atoms with Crippen molar-refractivity contribution in [3.8, 4) is 5.82 Å². The number of nitrogens with zero attached hydrogens (tertiary/aromatic N) is 7. The fourth-order valence-electron chi connectivity index (χ4n) is 3.15. The summed E-state index contributed by atoms with van der Waals surface area (Å²) in [5.74, 6) is 2.29. The average molecular weight is 352 g/mol. The lowest BCUT2D eigenvalue weighted by molar-refractivity contribution is 0.118. The second-order valence-electron chi connectivity index (χ2n) is 6.06. The Morgan fingerprint density at radius 1 is 1.23 bits per heavy atom. The van der Waals surface area contributed by atoms with Gasteiger partial charge < -0.3 is 15.0 Å². The van der Waals surface area contributed by atoms with Crippen LogP contribution in [0.4, 0.5) is 11.6 Å². The van der Waals surface area contributed by atoms with Crippen LogP contribution in [0.1, 0.15) is 6.42 Å². The molecule has 0 aliphatic carbocycles. The molecule has 2 atom stereocenters. The van der Waals surface area contributed by atoms with Gasteiger partial charge >= 0.3 is 0 Å². The maximum atomic E-state index is 5.56. The van der Waals surface area contributed by atoms with Crippen LogP contribution < -0.4 is 10.2 Å². The molecule has 1 N–H and O–H groups in total. The Labute approximate surface area is 151 Å². The largest absolute Gasteiger partial charge is 0.380 e. The first-order valence-corrected chi connectivity index (χ1v) is 8.45. The topological polar surface area (TPSA) is 93.9 Å². The van der Waals surface area contributed by atoms with Crippen molar-refractivity contribution >= 4 is 11.6 Å². The van der Waals surface area contributed by atoms with E-state index in [0.717, 1.165) is 18.8 Å². The summed E-state index contributed by atoms with van der Waals surface area (Å²) in [5, 5.41) is 7.56. The van der Waals surface area contributed by atoms with E-state index in [-0.39, 0.29) is 12.1 Å². The maximum absolute atomic E-state index is 5.56. The molecule has 0 amide bonds. The van der Waals surface area contributed by atoms with Crippen LogP contribution in [-0.2, 0) is 4.74 Å². The molecule has 1 fully saturated rings. The molecule has 1 aliphatic heterocycles. The van der Waals surface area contributed by atoms with Crippen molar-refractivity contribution in [1.82, 2.24) is 29.7 Å². The van der Waals surface area contributed by atoms with Gasteiger partial charge in [0, 0.05) is 38.8 Å². The highest BCUT2D eigenvalue weighted by atomic mass is 16.5. The van der Waals surface area contributed by atoms with Crippen molar-refractivity contribution in [2.75, 3.05) is 30.4 Å². The molecule has 0 bridgehead atoms. The molecule has 0 radical (unpaired) electrons. The predicted molar refractivity (Wildman–Crippen MR) is 96.2 cm³/mol. The smallest absolute Gasteiger partial charge is 0.173 e. The highest BCUT2D eigenvalue weighted by Crippen LogP contribution is 2.25. The van der Waals surface area contributed by atoms with Crippen molar-refractivity contribution in [3.05, 3.63) is 49.4 Å². The Morgan fingerprint density at radius 2 is 2.19 bits per heavy atom. The third-order valence-corrected chi connectivity index (χ3v) is 4.45. The Bertz CT molecular complexity index is 826. The standard InChI is InChI=1S/C17H20N8O/c1-26-14-7-13(24(11-14)16-3-5-18-12-21-16)8-20-15-9-19-10-17(23-15)25-6-2-4-22-25/h2-6,9-10,12-14H,7-8,11H2,1H3,(H,20,23)/t13-,14-/m1/s1. The lowest BCUT2D eigenvalue weighted by Crippen LogP contribution is -2.35. The summed E-state index contributed by atoms with van der Waals surface area (Å²) in [4.78, 5) is 19.4. The van der Waals surface area contributed by atoms with Gasteiger partial charge in [0.25, 0.3) is 0 Å². The van der Waals surface area contributed by atoms with E-state index in [9.17, 15) is 0 Å². The number of methoxy groups -OCH3 is 1. The minimum atomic E-state index is 0.179. The third kappa shape index (κ3) is 3.47. The molecular formula is C17H20N8O. The van der Waals surface area contributed by atoms with Crippen LogP contribution in [0.5, 0.6) is 0 Å². The van der Waals surface area contributed by atoms with Crippen LogP contribution in [-0.4, -0.2) is 62.1 Å². The molecule has 1 saturated heterocycles. The molecule has 26 heavy (non-hydrogen) atoms. The molecule has 3 aromatic rings. The molecule has 9 heteroatoms. The van der Waals surface area contributed by atoms with Gasteiger partial charge in [-0.15, -0.1) is 0 Å². The molecule has 4 rings (SSSR count). The average Bonchev–Trinajstić information content (AvgIpc) is 3.37. The van der Waals surface area contributed by atoms with Gasteiger partial charge in [0.15, 0.2) is 5.82 Å². The molecule has 0 aromatic carbocycles. The van der Waals surface area contributed by atoms with E-state index in [1.54, 1.807) is 42.9 Å². The van der Waals surface area contributed by atoms with E-state index in [4.69, 9.17) is 4.74 Å². The van der Waals surface area contributed by atoms with Gasteiger partial charge in [0.05, 0.1) is 24.5 Å². The van der Waals surface area contributed by atoms with Crippen LogP contribution >= 0.6 is 0 Å². The van der Waals surface area contributed by atoms with Gasteiger partial charge in [-0.3, -0.25) is 4.98 Å². The van der Waals surface area contributed by atoms with Crippen molar-refractivity contribution in [1.29, 1.82) is 0 Å². The first-order chi connectivity index (χ1) is 12.8. The summed E-state index contributed by atoms with van der Waals surface area (Å²) in [7, 11) is 1.75. The number of anilines is 2. The Balaban J connectivity index is 1.47. The summed E-state index contributed by atoms with van der Waals surface area (Å²) < 4.78 is 7.24. The van der Waals surface area contributed by atoms with E-state index in [1.165, 1.54) is 0 Å². The Morgan fingerprint density at radius 3 is 2.96 bits per heavy atom. The molecule has 1 aliphatic rings. The molecule has 134 valence electrons. The number of aromatic nitrogens is 6. The van der Waals surface area contributed by atoms with Crippen LogP contribution in [0.25, 0.3) is 5.82 Å². The van der Waals surface area contributed by atoms with E-state index in [1.807, 2.05) is 18.3 Å². The fraction of sp³-hybridized carbons (Fsp3) is 0.353. The van der Waals surface area contributed by atoms with Crippen LogP contribution in [0.15, 0.2) is 49.4 Å². The minimum absolute atomic E-state index is 0.179. The van der Waals surface area contributed by atoms with E-state index < -0.39 is 0 Å². The summed E-state index contributed by atoms with van der Waals surface area (Å²) in [6.45, 7) is 1.51. The minimum Gasteiger partial charge on any atom is -0.380 e. The fourth-order valence-corrected chi connectivity index (χ4v) is 3.15. The number of hydrogen-bond donors (Lipinski definition) is 1. The third-order valence-electron chi connectivity index (χ3n) is 4.45. The summed E-state index contributed by atoms with van der Waals surface area (Å²) in [6, 6.07) is 4.01. The van der Waals surface area contributed by atoms with Gasteiger partial charge in [-0.1, -0.05) is 0 Å². The zero-order valence-corrected chi connectivity index (χ0v) is 14.4. The second-order valence-corrected chi connectivity index (χ2v) is 6.06. The van der Waals surface area contributed by atoms with Gasteiger partial charge in [0.1, 0.15) is 18.0 Å². The molecule has 4 heterocycles. The van der Waals surface area contributed by atoms with E-state index in [2.05, 4.69) is 35.3 Å². The number of rotatable bonds is 6. The first kappa shape index (κ1) is 16.4. The van der Waals surface area contributed by atoms with Crippen LogP contribution in [0, 0.1) is 0 Å². The SMILES string of the molecule is CO[C@@H]1C[C@H](CNc2cncc(-n3cccn3)n2)N(c2ccncn2)C1. The monoisotopic (exact) mass is 352 g/mol. The van der Waals surface area contributed by atoms with Crippen molar-refractivity contribution in [3.63, 3.8) is 0 Å². The summed E-state index contributed by atoms with van der Waals surface area (Å²) >= 11 is 0. The summed E-state index contributed by atoms with van der Waals surface area (Å²) in [6.07, 6.45) is 11.4. The zero-order valence-electron chi connectivity index (χ0n) is 14.4. The Kier molecular flexibility index (Phi) is 4.69. The molecule has 0 unspecified atom stereocenters. The van der Waals surface area contributed by atoms with Gasteiger partial charge in [0.2, 0.25) is 0 Å². The first-order valence-electron chi connectivity index (χ1n) is 8.45. The number of nitrogens with one attached hydrogen (secondary N) is 1. The van der Waals surface area contributed by atoms with Gasteiger partial charge in [-0.25, -0.2) is 19.6 Å². The second kappa shape index (κ2) is 7.44. The quantitative estimate of drug-likeness (QED) is 0.706. The molecular weight excluding hydrogens is 332 g/mol. The molecule has 3 aromatic heterocycles. The zero-order chi connectivity index (χ0) is 17.8. The van der Waals surface area contributed by atoms with Crippen LogP contribution in [0.3, 0.4) is 0 Å². The van der Waals surface area contributed by atoms with Gasteiger partial charge in [-0.05, 0) is 18.6 Å². The van der Waals surface area contributed by atoms with Crippen molar-refractivity contribution in [2.24, 2.45) is 0 Å². The van der Waals surface area contributed by atoms with Crippen molar-refractivity contribution in [2.45, 2.75) is 18.6 Å². The lowest BCUT2D eigenvalue weighted by Gasteiger charge is -2.25. The van der Waals surface area contributed by atoms with Crippen molar-refractivity contribution < 1.29 is 4.74 Å².